The van der Waals surface area contributed by atoms with Crippen molar-refractivity contribution in [3.8, 4) is 5.75 Å². The Morgan fingerprint density at radius 3 is 2.39 bits per heavy atom. The molecule has 0 unspecified atom stereocenters. The summed E-state index contributed by atoms with van der Waals surface area (Å²) in [5, 5.41) is 3.54. The quantitative estimate of drug-likeness (QED) is 0.613. The standard InChI is InChI=1S/C19H22Cl2N2O4S/c1-3-27-18-8-5-4-7-17(18)23(28(2,25)26)10-6-9-19(24)22-16-12-14(20)11-15(21)13-16/h4-5,7-8,11-13H,3,6,9-10H2,1-2H3,(H,22,24). The molecule has 0 spiro atoms. The van der Waals surface area contributed by atoms with Gasteiger partial charge in [-0.05, 0) is 43.7 Å². The molecule has 28 heavy (non-hydrogen) atoms. The SMILES string of the molecule is CCOc1ccccc1N(CCCC(=O)Nc1cc(Cl)cc(Cl)c1)S(C)(=O)=O. The fraction of sp³-hybridized carbons (Fsp3) is 0.316. The summed E-state index contributed by atoms with van der Waals surface area (Å²) in [5.74, 6) is 0.221. The number of ether oxygens (including phenoxy) is 1. The van der Waals surface area contributed by atoms with Gasteiger partial charge in [0, 0.05) is 28.7 Å². The van der Waals surface area contributed by atoms with Gasteiger partial charge in [-0.25, -0.2) is 8.42 Å². The maximum Gasteiger partial charge on any atom is 0.232 e. The van der Waals surface area contributed by atoms with Crippen LogP contribution in [-0.2, 0) is 14.8 Å². The van der Waals surface area contributed by atoms with Crippen LogP contribution in [0.5, 0.6) is 5.75 Å². The van der Waals surface area contributed by atoms with E-state index in [9.17, 15) is 13.2 Å². The van der Waals surface area contributed by atoms with Crippen LogP contribution in [0.4, 0.5) is 11.4 Å². The van der Waals surface area contributed by atoms with Gasteiger partial charge in [-0.1, -0.05) is 35.3 Å². The number of rotatable bonds is 9. The van der Waals surface area contributed by atoms with Crippen LogP contribution in [-0.4, -0.2) is 33.7 Å². The van der Waals surface area contributed by atoms with Crippen LogP contribution >= 0.6 is 23.2 Å². The fourth-order valence-electron chi connectivity index (χ4n) is 2.64. The van der Waals surface area contributed by atoms with E-state index in [0.29, 0.717) is 40.2 Å². The second-order valence-corrected chi connectivity index (χ2v) is 8.83. The highest BCUT2D eigenvalue weighted by Gasteiger charge is 2.21. The Hall–Kier alpha value is -1.96. The van der Waals surface area contributed by atoms with Gasteiger partial charge in [0.25, 0.3) is 0 Å². The van der Waals surface area contributed by atoms with E-state index in [0.717, 1.165) is 6.26 Å². The summed E-state index contributed by atoms with van der Waals surface area (Å²) in [6.07, 6.45) is 1.59. The largest absolute Gasteiger partial charge is 0.492 e. The molecule has 9 heteroatoms. The summed E-state index contributed by atoms with van der Waals surface area (Å²) >= 11 is 11.8. The number of benzene rings is 2. The van der Waals surface area contributed by atoms with Gasteiger partial charge in [0.2, 0.25) is 15.9 Å². The zero-order chi connectivity index (χ0) is 20.7. The Balaban J connectivity index is 2.04. The minimum Gasteiger partial charge on any atom is -0.492 e. The van der Waals surface area contributed by atoms with Crippen LogP contribution in [0.15, 0.2) is 42.5 Å². The summed E-state index contributed by atoms with van der Waals surface area (Å²) in [6.45, 7) is 2.39. The fourth-order valence-corrected chi connectivity index (χ4v) is 4.13. The van der Waals surface area contributed by atoms with Gasteiger partial charge < -0.3 is 10.1 Å². The first-order valence-electron chi connectivity index (χ1n) is 8.66. The lowest BCUT2D eigenvalue weighted by molar-refractivity contribution is -0.116. The molecule has 0 saturated carbocycles. The molecule has 0 aliphatic heterocycles. The Morgan fingerprint density at radius 1 is 1.14 bits per heavy atom. The maximum atomic E-state index is 12.3. The van der Waals surface area contributed by atoms with Crippen LogP contribution < -0.4 is 14.4 Å². The molecule has 2 rings (SSSR count). The summed E-state index contributed by atoms with van der Waals surface area (Å²) < 4.78 is 31.3. The number of anilines is 2. The number of halogens is 2. The monoisotopic (exact) mass is 444 g/mol. The predicted octanol–water partition coefficient (Wildman–Crippen LogP) is 4.58. The lowest BCUT2D eigenvalue weighted by atomic mass is 10.2. The van der Waals surface area contributed by atoms with E-state index in [1.54, 1.807) is 42.5 Å². The highest BCUT2D eigenvalue weighted by molar-refractivity contribution is 7.92. The number of hydrogen-bond donors (Lipinski definition) is 1. The molecule has 0 aromatic heterocycles. The summed E-state index contributed by atoms with van der Waals surface area (Å²) in [7, 11) is -3.54. The van der Waals surface area contributed by atoms with Gasteiger partial charge in [-0.15, -0.1) is 0 Å². The summed E-state index contributed by atoms with van der Waals surface area (Å²) in [6, 6.07) is 11.7. The molecule has 0 atom stereocenters. The summed E-state index contributed by atoms with van der Waals surface area (Å²) in [5.41, 5.74) is 0.943. The first kappa shape index (κ1) is 22.3. The number of nitrogens with one attached hydrogen (secondary N) is 1. The van der Waals surface area contributed by atoms with Crippen molar-refractivity contribution in [3.05, 3.63) is 52.5 Å². The zero-order valence-electron chi connectivity index (χ0n) is 15.6. The number of amides is 1. The van der Waals surface area contributed by atoms with E-state index in [4.69, 9.17) is 27.9 Å². The van der Waals surface area contributed by atoms with Crippen molar-refractivity contribution in [1.82, 2.24) is 0 Å². The lowest BCUT2D eigenvalue weighted by Crippen LogP contribution is -2.31. The predicted molar refractivity (Wildman–Crippen MR) is 114 cm³/mol. The molecular weight excluding hydrogens is 423 g/mol. The van der Waals surface area contributed by atoms with Crippen LogP contribution in [0, 0.1) is 0 Å². The molecule has 0 aliphatic rings. The molecule has 152 valence electrons. The average molecular weight is 445 g/mol. The Labute approximate surface area is 175 Å². The van der Waals surface area contributed by atoms with E-state index >= 15 is 0 Å². The first-order chi connectivity index (χ1) is 13.2. The molecule has 6 nitrogen and oxygen atoms in total. The van der Waals surface area contributed by atoms with E-state index < -0.39 is 10.0 Å². The van der Waals surface area contributed by atoms with Gasteiger partial charge >= 0.3 is 0 Å². The molecule has 2 aromatic rings. The maximum absolute atomic E-state index is 12.3. The Morgan fingerprint density at radius 2 is 1.79 bits per heavy atom. The van der Waals surface area contributed by atoms with E-state index in [1.807, 2.05) is 6.92 Å². The molecule has 0 aliphatic carbocycles. The molecule has 0 heterocycles. The van der Waals surface area contributed by atoms with Crippen molar-refractivity contribution >= 4 is 50.5 Å². The minimum atomic E-state index is -3.54. The summed E-state index contributed by atoms with van der Waals surface area (Å²) in [4.78, 5) is 12.2. The van der Waals surface area contributed by atoms with Gasteiger partial charge in [0.15, 0.2) is 0 Å². The van der Waals surface area contributed by atoms with Gasteiger partial charge in [-0.3, -0.25) is 9.10 Å². The topological polar surface area (TPSA) is 75.7 Å². The van der Waals surface area contributed by atoms with Gasteiger partial charge in [0.1, 0.15) is 5.75 Å². The normalized spacial score (nSPS) is 11.1. The van der Waals surface area contributed by atoms with Crippen LogP contribution in [0.2, 0.25) is 10.0 Å². The average Bonchev–Trinajstić information content (AvgIpc) is 2.58. The minimum absolute atomic E-state index is 0.132. The van der Waals surface area contributed by atoms with E-state index in [-0.39, 0.29) is 18.9 Å². The third-order valence-corrected chi connectivity index (χ3v) is 5.36. The Kier molecular flexibility index (Phi) is 7.98. The van der Waals surface area contributed by atoms with Crippen molar-refractivity contribution < 1.29 is 17.9 Å². The Bertz CT molecular complexity index is 915. The third kappa shape index (κ3) is 6.58. The van der Waals surface area contributed by atoms with Crippen molar-refractivity contribution in [2.24, 2.45) is 0 Å². The van der Waals surface area contributed by atoms with Gasteiger partial charge in [0.05, 0.1) is 18.6 Å². The number of sulfonamides is 1. The molecule has 2 aromatic carbocycles. The number of nitrogens with zero attached hydrogens (tertiary/aromatic N) is 1. The second-order valence-electron chi connectivity index (χ2n) is 6.05. The third-order valence-electron chi connectivity index (χ3n) is 3.75. The van der Waals surface area contributed by atoms with Crippen LogP contribution in [0.25, 0.3) is 0 Å². The van der Waals surface area contributed by atoms with Crippen molar-refractivity contribution in [2.45, 2.75) is 19.8 Å². The zero-order valence-corrected chi connectivity index (χ0v) is 17.9. The van der Waals surface area contributed by atoms with Crippen LogP contribution in [0.3, 0.4) is 0 Å². The second kappa shape index (κ2) is 10.0. The van der Waals surface area contributed by atoms with E-state index in [2.05, 4.69) is 5.32 Å². The number of carbonyl (C=O) groups excluding carboxylic acids is 1. The van der Waals surface area contributed by atoms with Crippen LogP contribution in [0.1, 0.15) is 19.8 Å². The highest BCUT2D eigenvalue weighted by atomic mass is 35.5. The number of hydrogen-bond acceptors (Lipinski definition) is 4. The molecule has 0 fully saturated rings. The van der Waals surface area contributed by atoms with Crippen molar-refractivity contribution in [3.63, 3.8) is 0 Å². The van der Waals surface area contributed by atoms with Crippen molar-refractivity contribution in [2.75, 3.05) is 29.0 Å². The number of para-hydroxylation sites is 2. The number of carbonyl (C=O) groups is 1. The van der Waals surface area contributed by atoms with Gasteiger partial charge in [-0.2, -0.15) is 0 Å². The molecule has 0 saturated heterocycles. The molecule has 1 N–H and O–H groups in total. The molecular formula is C19H22Cl2N2O4S. The molecule has 1 amide bonds. The van der Waals surface area contributed by atoms with E-state index in [1.165, 1.54) is 4.31 Å². The highest BCUT2D eigenvalue weighted by Crippen LogP contribution is 2.30. The lowest BCUT2D eigenvalue weighted by Gasteiger charge is -2.24. The molecule has 0 bridgehead atoms. The van der Waals surface area contributed by atoms with Crippen molar-refractivity contribution in [1.29, 1.82) is 0 Å². The first-order valence-corrected chi connectivity index (χ1v) is 11.3. The smallest absolute Gasteiger partial charge is 0.232 e. The molecule has 0 radical (unpaired) electrons.